The van der Waals surface area contributed by atoms with Crippen LogP contribution in [0.1, 0.15) is 46.7 Å². The number of hydrogen-bond donors (Lipinski definition) is 0. The molecule has 24 heavy (non-hydrogen) atoms. The van der Waals surface area contributed by atoms with Gasteiger partial charge in [0.15, 0.2) is 5.78 Å². The minimum absolute atomic E-state index is 0.0432. The Kier molecular flexibility index (Phi) is 5.44. The van der Waals surface area contributed by atoms with Crippen LogP contribution in [0.2, 0.25) is 0 Å². The Bertz CT molecular complexity index is 769. The molecule has 0 bridgehead atoms. The summed E-state index contributed by atoms with van der Waals surface area (Å²) >= 11 is 1.46. The standard InChI is InChI=1S/C19H23NO3S/c1-12-17(24-18(20-12)19(2,3)4)15(21)10-8-13-7-9-14(22-5)11-16(13)23-6/h7-11H,1-6H3/b10-8+. The van der Waals surface area contributed by atoms with E-state index in [9.17, 15) is 4.79 Å². The molecular weight excluding hydrogens is 322 g/mol. The van der Waals surface area contributed by atoms with Crippen molar-refractivity contribution in [3.05, 3.63) is 45.4 Å². The van der Waals surface area contributed by atoms with Gasteiger partial charge in [0, 0.05) is 17.0 Å². The molecule has 1 aromatic carbocycles. The lowest BCUT2D eigenvalue weighted by atomic mass is 9.98. The van der Waals surface area contributed by atoms with Gasteiger partial charge in [-0.15, -0.1) is 11.3 Å². The van der Waals surface area contributed by atoms with Crippen LogP contribution in [0.5, 0.6) is 11.5 Å². The largest absolute Gasteiger partial charge is 0.497 e. The number of hydrogen-bond acceptors (Lipinski definition) is 5. The van der Waals surface area contributed by atoms with Gasteiger partial charge in [-0.1, -0.05) is 20.8 Å². The summed E-state index contributed by atoms with van der Waals surface area (Å²) in [4.78, 5) is 17.7. The molecule has 0 saturated carbocycles. The van der Waals surface area contributed by atoms with Crippen molar-refractivity contribution in [3.63, 3.8) is 0 Å². The lowest BCUT2D eigenvalue weighted by molar-refractivity contribution is 0.105. The molecule has 0 fully saturated rings. The van der Waals surface area contributed by atoms with Crippen LogP contribution in [0.15, 0.2) is 24.3 Å². The summed E-state index contributed by atoms with van der Waals surface area (Å²) in [7, 11) is 3.20. The summed E-state index contributed by atoms with van der Waals surface area (Å²) in [6.07, 6.45) is 3.33. The molecule has 2 aromatic rings. The van der Waals surface area contributed by atoms with E-state index >= 15 is 0 Å². The first-order valence-electron chi connectivity index (χ1n) is 7.68. The number of benzene rings is 1. The van der Waals surface area contributed by atoms with Crippen LogP contribution in [0.4, 0.5) is 0 Å². The number of thiazole rings is 1. The van der Waals surface area contributed by atoms with Crippen molar-refractivity contribution < 1.29 is 14.3 Å². The van der Waals surface area contributed by atoms with Gasteiger partial charge in [-0.05, 0) is 31.2 Å². The van der Waals surface area contributed by atoms with Gasteiger partial charge in [0.1, 0.15) is 11.5 Å². The second kappa shape index (κ2) is 7.18. The molecule has 4 nitrogen and oxygen atoms in total. The maximum absolute atomic E-state index is 12.5. The number of ketones is 1. The normalized spacial score (nSPS) is 11.8. The molecule has 2 rings (SSSR count). The molecular formula is C19H23NO3S. The van der Waals surface area contributed by atoms with E-state index in [4.69, 9.17) is 9.47 Å². The lowest BCUT2D eigenvalue weighted by Gasteiger charge is -2.13. The Morgan fingerprint density at radius 3 is 2.46 bits per heavy atom. The van der Waals surface area contributed by atoms with Gasteiger partial charge in [0.25, 0.3) is 0 Å². The van der Waals surface area contributed by atoms with Gasteiger partial charge in [-0.2, -0.15) is 0 Å². The maximum Gasteiger partial charge on any atom is 0.197 e. The second-order valence-corrected chi connectivity index (χ2v) is 7.49. The quantitative estimate of drug-likeness (QED) is 0.584. The zero-order chi connectivity index (χ0) is 17.9. The van der Waals surface area contributed by atoms with Crippen LogP contribution < -0.4 is 9.47 Å². The summed E-state index contributed by atoms with van der Waals surface area (Å²) in [5.41, 5.74) is 1.54. The topological polar surface area (TPSA) is 48.4 Å². The van der Waals surface area contributed by atoms with Gasteiger partial charge in [0.2, 0.25) is 0 Å². The molecule has 1 aromatic heterocycles. The molecule has 0 aliphatic carbocycles. The first-order chi connectivity index (χ1) is 11.3. The molecule has 0 atom stereocenters. The molecule has 0 spiro atoms. The molecule has 0 radical (unpaired) electrons. The molecule has 0 amide bonds. The fourth-order valence-electron chi connectivity index (χ4n) is 2.14. The van der Waals surface area contributed by atoms with Crippen molar-refractivity contribution >= 4 is 23.2 Å². The van der Waals surface area contributed by atoms with Crippen molar-refractivity contribution in [2.45, 2.75) is 33.1 Å². The van der Waals surface area contributed by atoms with Crippen molar-refractivity contribution in [2.24, 2.45) is 0 Å². The third-order valence-corrected chi connectivity index (χ3v) is 5.11. The van der Waals surface area contributed by atoms with E-state index in [1.165, 1.54) is 11.3 Å². The molecule has 0 saturated heterocycles. The Balaban J connectivity index is 2.27. The van der Waals surface area contributed by atoms with E-state index in [1.54, 1.807) is 32.4 Å². The van der Waals surface area contributed by atoms with E-state index < -0.39 is 0 Å². The molecule has 0 N–H and O–H groups in total. The average Bonchev–Trinajstić information content (AvgIpc) is 2.94. The summed E-state index contributed by atoms with van der Waals surface area (Å²) in [5, 5.41) is 0.971. The molecule has 128 valence electrons. The number of methoxy groups -OCH3 is 2. The highest BCUT2D eigenvalue weighted by Crippen LogP contribution is 2.30. The van der Waals surface area contributed by atoms with Crippen molar-refractivity contribution in [2.75, 3.05) is 14.2 Å². The molecule has 1 heterocycles. The fourth-order valence-corrected chi connectivity index (χ4v) is 3.19. The number of nitrogens with zero attached hydrogens (tertiary/aromatic N) is 1. The van der Waals surface area contributed by atoms with E-state index in [-0.39, 0.29) is 11.2 Å². The lowest BCUT2D eigenvalue weighted by Crippen LogP contribution is -2.10. The number of carbonyl (C=O) groups is 1. The Hall–Kier alpha value is -2.14. The zero-order valence-electron chi connectivity index (χ0n) is 15.0. The number of rotatable bonds is 5. The van der Waals surface area contributed by atoms with Crippen LogP contribution in [0.3, 0.4) is 0 Å². The predicted octanol–water partition coefficient (Wildman–Crippen LogP) is 4.66. The van der Waals surface area contributed by atoms with Crippen LogP contribution in [-0.4, -0.2) is 25.0 Å². The highest BCUT2D eigenvalue weighted by molar-refractivity contribution is 7.14. The molecule has 0 unspecified atom stereocenters. The summed E-state index contributed by atoms with van der Waals surface area (Å²) in [5.74, 6) is 1.33. The van der Waals surface area contributed by atoms with Gasteiger partial charge in [-0.25, -0.2) is 4.98 Å². The van der Waals surface area contributed by atoms with Crippen LogP contribution in [0, 0.1) is 6.92 Å². The predicted molar refractivity (Wildman–Crippen MR) is 98.5 cm³/mol. The second-order valence-electron chi connectivity index (χ2n) is 6.49. The highest BCUT2D eigenvalue weighted by Gasteiger charge is 2.22. The molecule has 5 heteroatoms. The number of aryl methyl sites for hydroxylation is 1. The minimum Gasteiger partial charge on any atom is -0.497 e. The van der Waals surface area contributed by atoms with E-state index in [1.807, 2.05) is 19.1 Å². The van der Waals surface area contributed by atoms with Gasteiger partial charge in [-0.3, -0.25) is 4.79 Å². The third kappa shape index (κ3) is 4.03. The summed E-state index contributed by atoms with van der Waals surface area (Å²) in [6.45, 7) is 8.16. The van der Waals surface area contributed by atoms with Gasteiger partial charge < -0.3 is 9.47 Å². The zero-order valence-corrected chi connectivity index (χ0v) is 15.8. The van der Waals surface area contributed by atoms with Crippen molar-refractivity contribution in [3.8, 4) is 11.5 Å². The highest BCUT2D eigenvalue weighted by atomic mass is 32.1. The number of carbonyl (C=O) groups excluding carboxylic acids is 1. The van der Waals surface area contributed by atoms with Gasteiger partial charge in [0.05, 0.1) is 29.8 Å². The monoisotopic (exact) mass is 345 g/mol. The fraction of sp³-hybridized carbons (Fsp3) is 0.368. The maximum atomic E-state index is 12.5. The number of ether oxygens (including phenoxy) is 2. The SMILES string of the molecule is COc1ccc(/C=C/C(=O)c2sc(C(C)(C)C)nc2C)c(OC)c1. The van der Waals surface area contributed by atoms with Crippen molar-refractivity contribution in [1.29, 1.82) is 0 Å². The Morgan fingerprint density at radius 1 is 1.21 bits per heavy atom. The number of allylic oxidation sites excluding steroid dienone is 1. The van der Waals surface area contributed by atoms with Crippen molar-refractivity contribution in [1.82, 2.24) is 4.98 Å². The summed E-state index contributed by atoms with van der Waals surface area (Å²) < 4.78 is 10.5. The third-order valence-electron chi connectivity index (χ3n) is 3.52. The smallest absolute Gasteiger partial charge is 0.197 e. The van der Waals surface area contributed by atoms with E-state index in [0.29, 0.717) is 16.4 Å². The molecule has 0 aliphatic rings. The Morgan fingerprint density at radius 2 is 1.92 bits per heavy atom. The molecule has 0 aliphatic heterocycles. The van der Waals surface area contributed by atoms with Crippen LogP contribution in [-0.2, 0) is 5.41 Å². The van der Waals surface area contributed by atoms with Crippen LogP contribution in [0.25, 0.3) is 6.08 Å². The van der Waals surface area contributed by atoms with E-state index in [2.05, 4.69) is 25.8 Å². The van der Waals surface area contributed by atoms with E-state index in [0.717, 1.165) is 16.3 Å². The summed E-state index contributed by atoms with van der Waals surface area (Å²) in [6, 6.07) is 5.49. The minimum atomic E-state index is -0.0587. The van der Waals surface area contributed by atoms with Gasteiger partial charge >= 0.3 is 0 Å². The average molecular weight is 345 g/mol. The first kappa shape index (κ1) is 18.2. The van der Waals surface area contributed by atoms with Crippen LogP contribution >= 0.6 is 11.3 Å². The first-order valence-corrected chi connectivity index (χ1v) is 8.50. The number of aromatic nitrogens is 1. The Labute approximate surface area is 147 Å².